The summed E-state index contributed by atoms with van der Waals surface area (Å²) >= 11 is 6.21. The summed E-state index contributed by atoms with van der Waals surface area (Å²) in [6, 6.07) is -4.78. The number of aromatic nitrogens is 1. The Morgan fingerprint density at radius 3 is 1.84 bits per heavy atom. The zero-order valence-corrected chi connectivity index (χ0v) is 64.7. The average molecular weight is 1490 g/mol. The number of hydrogen-bond donors (Lipinski definition) is 3. The highest BCUT2D eigenvalue weighted by molar-refractivity contribution is 6.31. The molecule has 7 rings (SSSR count). The number of alkyl halides is 3. The number of halogens is 4. The van der Waals surface area contributed by atoms with Crippen molar-refractivity contribution < 1.29 is 70.7 Å². The Bertz CT molecular complexity index is 3440. The number of carbonyl (C=O) groups excluding carboxylic acids is 12. The standard InChI is InChI=1S/C76H113ClF3N13O12/c1-15-47(4)63-72(103)87(9)48(5)67(98)93-40-35-57(93)71(102)90(12)59(43-50-23-17-16-18-24-50)70(101)86(8)45-61(94)82-55(31-28-51-27-30-53(54(77)42-51)76(78,79)80)68(99)89(11)56(32-29-49-33-38-81-39-34-49)66(97)84-75(36-21-22-37-75)74(105)92(14)64(52-25-19-20-26-52)73(104)91(13)60(69(100)85(6)7)44-62(95)88(10)58(41-46(2)3)65(96)83-63/h27,30,33-34,38-39,42,46-48,50,52,55-60,63-64H,15-26,28-29,31-32,35-37,40-41,43-45H2,1-14H3,(H,82,94)(H,83,96)(H,84,97)/t47-,48-,55-,56-,57-,58-,59-,60-,63-,64-/m0/s1. The third kappa shape index (κ3) is 20.6. The van der Waals surface area contributed by atoms with E-state index >= 15 is 24.0 Å². The van der Waals surface area contributed by atoms with E-state index in [4.69, 9.17) is 11.6 Å². The number of carbonyl (C=O) groups is 12. The molecule has 12 amide bonds. The SMILES string of the molecule is CC[C@H](C)[C@@H]1NC(=O)[C@H](CC(C)C)N(C)C(=O)C[C@@H](C(=O)N(C)C)N(C)C(=O)[C@H](C2CCCC2)N(C)C(=O)C2(CCCC2)NC(=O)[C@H](CCc2ccncc2)N(C)C(=O)[C@H](CCc2ccc(C(F)(F)F)c(Cl)c2)NC(=O)CN(C)C(=O)[C@H](CC2CCCCC2)N(C)C(=O)[C@@H]2CCN2C(=O)[C@H](C)N(C)C1=O. The number of pyridine rings is 1. The van der Waals surface area contributed by atoms with Gasteiger partial charge in [-0.2, -0.15) is 13.2 Å². The highest BCUT2D eigenvalue weighted by atomic mass is 35.5. The van der Waals surface area contributed by atoms with Crippen molar-refractivity contribution in [2.75, 3.05) is 76.5 Å². The van der Waals surface area contributed by atoms with Crippen LogP contribution < -0.4 is 16.0 Å². The van der Waals surface area contributed by atoms with Gasteiger partial charge in [-0.25, -0.2) is 0 Å². The van der Waals surface area contributed by atoms with Gasteiger partial charge in [0.1, 0.15) is 59.9 Å². The zero-order valence-electron chi connectivity index (χ0n) is 63.9. The molecule has 5 aliphatic rings. The van der Waals surface area contributed by atoms with Crippen LogP contribution in [0.5, 0.6) is 0 Å². The quantitative estimate of drug-likeness (QED) is 0.182. The topological polar surface area (TPSA) is 283 Å². The second kappa shape index (κ2) is 37.1. The number of nitrogens with one attached hydrogen (secondary N) is 3. The van der Waals surface area contributed by atoms with Gasteiger partial charge in [-0.05, 0) is 137 Å². The predicted molar refractivity (Wildman–Crippen MR) is 389 cm³/mol. The lowest BCUT2D eigenvalue weighted by atomic mass is 9.84. The summed E-state index contributed by atoms with van der Waals surface area (Å²) in [6.07, 6.45) is 6.41. The van der Waals surface area contributed by atoms with Crippen molar-refractivity contribution in [1.29, 1.82) is 0 Å². The number of hydrogen-bond acceptors (Lipinski definition) is 13. The molecule has 10 atom stereocenters. The highest BCUT2D eigenvalue weighted by Gasteiger charge is 2.52. The van der Waals surface area contributed by atoms with Crippen LogP contribution in [0.4, 0.5) is 13.2 Å². The van der Waals surface area contributed by atoms with Gasteiger partial charge in [0.25, 0.3) is 0 Å². The van der Waals surface area contributed by atoms with E-state index in [-0.39, 0.29) is 81.7 Å². The van der Waals surface area contributed by atoms with E-state index in [0.717, 1.165) is 72.4 Å². The lowest BCUT2D eigenvalue weighted by Gasteiger charge is -2.45. The first-order chi connectivity index (χ1) is 49.4. The second-order valence-corrected chi connectivity index (χ2v) is 31.2. The van der Waals surface area contributed by atoms with Crippen LogP contribution in [-0.4, -0.2) is 256 Å². The van der Waals surface area contributed by atoms with Crippen molar-refractivity contribution in [3.63, 3.8) is 0 Å². The van der Waals surface area contributed by atoms with Crippen molar-refractivity contribution in [3.8, 4) is 0 Å². The van der Waals surface area contributed by atoms with Gasteiger partial charge in [-0.3, -0.25) is 62.5 Å². The molecule has 3 heterocycles. The minimum Gasteiger partial charge on any atom is -0.347 e. The summed E-state index contributed by atoms with van der Waals surface area (Å²) in [5, 5.41) is 8.20. The third-order valence-electron chi connectivity index (χ3n) is 22.9. The number of likely N-dealkylation sites (N-methyl/N-ethyl adjacent to an activating group) is 8. The maximum Gasteiger partial charge on any atom is 0.417 e. The maximum absolute atomic E-state index is 15.8. The summed E-state index contributed by atoms with van der Waals surface area (Å²) in [5.41, 5.74) is -1.73. The van der Waals surface area contributed by atoms with Gasteiger partial charge in [-0.15, -0.1) is 0 Å². The molecular weight excluding hydrogens is 1380 g/mol. The lowest BCUT2D eigenvalue weighted by molar-refractivity contribution is -0.160. The summed E-state index contributed by atoms with van der Waals surface area (Å²) in [6.45, 7) is 8.32. The number of benzene rings is 1. The molecule has 0 bridgehead atoms. The molecule has 0 radical (unpaired) electrons. The Hall–Kier alpha value is -7.91. The van der Waals surface area contributed by atoms with E-state index in [0.29, 0.717) is 32.1 Å². The fourth-order valence-corrected chi connectivity index (χ4v) is 16.1. The minimum absolute atomic E-state index is 0.00370. The van der Waals surface area contributed by atoms with Crippen LogP contribution >= 0.6 is 11.6 Å². The van der Waals surface area contributed by atoms with Crippen molar-refractivity contribution in [1.82, 2.24) is 65.0 Å². The fraction of sp³-hybridized carbons (Fsp3) is 0.697. The van der Waals surface area contributed by atoms with Crippen LogP contribution in [0.25, 0.3) is 0 Å². The maximum atomic E-state index is 15.8. The summed E-state index contributed by atoms with van der Waals surface area (Å²) in [5.74, 6) is -9.17. The fourth-order valence-electron chi connectivity index (χ4n) is 15.8. The molecule has 25 nitrogen and oxygen atoms in total. The highest BCUT2D eigenvalue weighted by Crippen LogP contribution is 2.39. The van der Waals surface area contributed by atoms with Crippen LogP contribution in [0.15, 0.2) is 42.7 Å². The van der Waals surface area contributed by atoms with Gasteiger partial charge in [-0.1, -0.05) is 110 Å². The summed E-state index contributed by atoms with van der Waals surface area (Å²) < 4.78 is 42.0. The number of rotatable bonds is 14. The van der Waals surface area contributed by atoms with Crippen molar-refractivity contribution in [2.24, 2.45) is 23.7 Å². The third-order valence-corrected chi connectivity index (χ3v) is 23.2. The van der Waals surface area contributed by atoms with E-state index in [1.54, 1.807) is 31.5 Å². The molecule has 2 aliphatic heterocycles. The Morgan fingerprint density at radius 1 is 0.657 bits per heavy atom. The van der Waals surface area contributed by atoms with Gasteiger partial charge in [0.05, 0.1) is 23.6 Å². The van der Waals surface area contributed by atoms with Gasteiger partial charge >= 0.3 is 6.18 Å². The van der Waals surface area contributed by atoms with Crippen LogP contribution in [-0.2, 0) is 76.6 Å². The molecule has 582 valence electrons. The molecule has 3 aliphatic carbocycles. The van der Waals surface area contributed by atoms with Gasteiger partial charge < -0.3 is 60.0 Å². The van der Waals surface area contributed by atoms with Crippen LogP contribution in [0.3, 0.4) is 0 Å². The van der Waals surface area contributed by atoms with Crippen molar-refractivity contribution in [3.05, 3.63) is 64.4 Å². The van der Waals surface area contributed by atoms with E-state index < -0.39 is 172 Å². The second-order valence-electron chi connectivity index (χ2n) is 30.8. The van der Waals surface area contributed by atoms with Crippen molar-refractivity contribution >= 4 is 82.5 Å². The number of aryl methyl sites for hydroxylation is 2. The van der Waals surface area contributed by atoms with Crippen LogP contribution in [0.2, 0.25) is 5.02 Å². The molecule has 1 aromatic heterocycles. The molecule has 3 N–H and O–H groups in total. The van der Waals surface area contributed by atoms with Crippen molar-refractivity contribution in [2.45, 2.75) is 242 Å². The molecule has 1 aromatic carbocycles. The first kappa shape index (κ1) is 84.4. The first-order valence-corrected chi connectivity index (χ1v) is 37.8. The monoisotopic (exact) mass is 1490 g/mol. The lowest BCUT2D eigenvalue weighted by Crippen LogP contribution is -2.65. The van der Waals surface area contributed by atoms with E-state index in [1.165, 1.54) is 111 Å². The molecule has 29 heteroatoms. The van der Waals surface area contributed by atoms with Gasteiger partial charge in [0.2, 0.25) is 70.9 Å². The number of nitrogens with zero attached hydrogens (tertiary/aromatic N) is 10. The van der Waals surface area contributed by atoms with E-state index in [9.17, 15) is 46.7 Å². The summed E-state index contributed by atoms with van der Waals surface area (Å²) in [4.78, 5) is 197. The number of fused-ring (bicyclic) bond motifs is 1. The number of amides is 12. The molecule has 0 unspecified atom stereocenters. The average Bonchev–Trinajstić information content (AvgIpc) is 1.70. The van der Waals surface area contributed by atoms with Crippen LogP contribution in [0, 0.1) is 23.7 Å². The van der Waals surface area contributed by atoms with Gasteiger partial charge in [0, 0.05) is 82.4 Å². The van der Waals surface area contributed by atoms with Crippen LogP contribution in [0.1, 0.15) is 180 Å². The molecule has 2 saturated heterocycles. The summed E-state index contributed by atoms with van der Waals surface area (Å²) in [7, 11) is 12.9. The largest absolute Gasteiger partial charge is 0.417 e. The predicted octanol–water partition coefficient (Wildman–Crippen LogP) is 6.50. The first-order valence-electron chi connectivity index (χ1n) is 37.5. The minimum atomic E-state index is -4.78. The molecule has 1 spiro atoms. The molecule has 2 aromatic rings. The smallest absolute Gasteiger partial charge is 0.347 e. The zero-order chi connectivity index (χ0) is 77.7. The molecule has 5 fully saturated rings. The van der Waals surface area contributed by atoms with E-state index in [2.05, 4.69) is 20.9 Å². The molecular formula is C76H113ClF3N13O12. The normalized spacial score (nSPS) is 26.5. The van der Waals surface area contributed by atoms with E-state index in [1.807, 2.05) is 20.8 Å². The van der Waals surface area contributed by atoms with Gasteiger partial charge in [0.15, 0.2) is 0 Å². The Morgan fingerprint density at radius 2 is 1.27 bits per heavy atom. The Kier molecular flexibility index (Phi) is 29.8. The Labute approximate surface area is 622 Å². The molecule has 105 heavy (non-hydrogen) atoms. The molecule has 3 saturated carbocycles. The Balaban J connectivity index is 1.33.